The highest BCUT2D eigenvalue weighted by Gasteiger charge is 2.26. The van der Waals surface area contributed by atoms with Gasteiger partial charge in [0.2, 0.25) is 0 Å². The van der Waals surface area contributed by atoms with Gasteiger partial charge in [-0.1, -0.05) is 18.2 Å². The molecule has 2 aromatic heterocycles. The molecule has 1 N–H and O–H groups in total. The Labute approximate surface area is 150 Å². The highest BCUT2D eigenvalue weighted by molar-refractivity contribution is 5.91. The summed E-state index contributed by atoms with van der Waals surface area (Å²) in [7, 11) is 0. The molecule has 1 aliphatic rings. The molecular weight excluding hydrogens is 334 g/mol. The van der Waals surface area contributed by atoms with Crippen LogP contribution in [-0.4, -0.2) is 32.2 Å². The first-order chi connectivity index (χ1) is 12.6. The number of aliphatic hydroxyl groups excluding tert-OH is 1. The minimum atomic E-state index is -0.625. The fraction of sp³-hybridized carbons (Fsp3) is 0.263. The Hall–Kier alpha value is -3.06. The zero-order valence-corrected chi connectivity index (χ0v) is 14.3. The number of fused-ring (bicyclic) bond motifs is 1. The lowest BCUT2D eigenvalue weighted by Crippen LogP contribution is -2.38. The van der Waals surface area contributed by atoms with Crippen LogP contribution in [0.3, 0.4) is 0 Å². The van der Waals surface area contributed by atoms with Gasteiger partial charge in [0.05, 0.1) is 30.6 Å². The van der Waals surface area contributed by atoms with Gasteiger partial charge in [0.15, 0.2) is 5.76 Å². The number of aliphatic hydroxyl groups is 1. The summed E-state index contributed by atoms with van der Waals surface area (Å²) in [6.07, 6.45) is -0.625. The van der Waals surface area contributed by atoms with E-state index in [0.29, 0.717) is 31.1 Å². The second-order valence-electron chi connectivity index (χ2n) is 6.22. The quantitative estimate of drug-likeness (QED) is 0.780. The molecule has 0 saturated carbocycles. The number of para-hydroxylation sites is 1. The summed E-state index contributed by atoms with van der Waals surface area (Å²) in [4.78, 5) is 14.4. The number of furan rings is 1. The van der Waals surface area contributed by atoms with Gasteiger partial charge in [-0.3, -0.25) is 9.48 Å². The molecule has 3 aromatic rings. The smallest absolute Gasteiger partial charge is 0.290 e. The predicted molar refractivity (Wildman–Crippen MR) is 92.8 cm³/mol. The van der Waals surface area contributed by atoms with Crippen molar-refractivity contribution in [2.75, 3.05) is 6.54 Å². The van der Waals surface area contributed by atoms with E-state index in [9.17, 15) is 9.90 Å². The molecule has 1 unspecified atom stereocenters. The Kier molecular flexibility index (Phi) is 4.22. The van der Waals surface area contributed by atoms with E-state index in [4.69, 9.17) is 9.15 Å². The lowest BCUT2D eigenvalue weighted by molar-refractivity contribution is 0.0668. The van der Waals surface area contributed by atoms with Crippen molar-refractivity contribution in [2.45, 2.75) is 26.1 Å². The Balaban J connectivity index is 1.46. The second-order valence-corrected chi connectivity index (χ2v) is 6.22. The van der Waals surface area contributed by atoms with Crippen LogP contribution in [0, 0.1) is 0 Å². The van der Waals surface area contributed by atoms with E-state index in [1.54, 1.807) is 24.0 Å². The van der Waals surface area contributed by atoms with Crippen LogP contribution in [0.5, 0.6) is 11.7 Å². The standard InChI is InChI=1S/C19H19N3O4/c1-13(23)16-11-14-12-21(9-10-22(14)20-16)19(24)17-7-8-18(26-17)25-15-5-3-2-4-6-15/h2-8,11,13,23H,9-10,12H2,1H3. The van der Waals surface area contributed by atoms with Gasteiger partial charge in [-0.25, -0.2) is 0 Å². The SMILES string of the molecule is CC(O)c1cc2n(n1)CCN(C(=O)c1ccc(Oc3ccccc3)o1)C2. The molecule has 26 heavy (non-hydrogen) atoms. The maximum absolute atomic E-state index is 12.7. The highest BCUT2D eigenvalue weighted by atomic mass is 16.6. The number of nitrogens with zero attached hydrogens (tertiary/aromatic N) is 3. The normalized spacial score (nSPS) is 14.8. The number of aromatic nitrogens is 2. The molecular formula is C19H19N3O4. The molecule has 1 aromatic carbocycles. The summed E-state index contributed by atoms with van der Waals surface area (Å²) in [6, 6.07) is 14.3. The maximum atomic E-state index is 12.7. The molecule has 0 spiro atoms. The summed E-state index contributed by atoms with van der Waals surface area (Å²) in [5.41, 5.74) is 1.51. The molecule has 134 valence electrons. The van der Waals surface area contributed by atoms with Crippen LogP contribution in [0.2, 0.25) is 0 Å². The first-order valence-corrected chi connectivity index (χ1v) is 8.47. The fourth-order valence-corrected chi connectivity index (χ4v) is 2.92. The highest BCUT2D eigenvalue weighted by Crippen LogP contribution is 2.25. The Morgan fingerprint density at radius 2 is 2.04 bits per heavy atom. The number of carbonyl (C=O) groups excluding carboxylic acids is 1. The van der Waals surface area contributed by atoms with Crippen molar-refractivity contribution < 1.29 is 19.1 Å². The average molecular weight is 353 g/mol. The van der Waals surface area contributed by atoms with E-state index in [-0.39, 0.29) is 17.6 Å². The van der Waals surface area contributed by atoms with Gasteiger partial charge < -0.3 is 19.2 Å². The van der Waals surface area contributed by atoms with Gasteiger partial charge in [-0.05, 0) is 31.2 Å². The zero-order valence-electron chi connectivity index (χ0n) is 14.3. The van der Waals surface area contributed by atoms with Crippen molar-refractivity contribution in [2.24, 2.45) is 0 Å². The van der Waals surface area contributed by atoms with Crippen LogP contribution in [0.1, 0.15) is 35.0 Å². The van der Waals surface area contributed by atoms with E-state index in [0.717, 1.165) is 5.69 Å². The minimum absolute atomic E-state index is 0.195. The lowest BCUT2D eigenvalue weighted by atomic mass is 10.2. The number of rotatable bonds is 4. The Morgan fingerprint density at radius 3 is 2.81 bits per heavy atom. The fourth-order valence-electron chi connectivity index (χ4n) is 2.92. The molecule has 4 rings (SSSR count). The second kappa shape index (κ2) is 6.68. The van der Waals surface area contributed by atoms with Gasteiger partial charge in [0.1, 0.15) is 5.75 Å². The number of hydrogen-bond acceptors (Lipinski definition) is 5. The molecule has 3 heterocycles. The van der Waals surface area contributed by atoms with Crippen molar-refractivity contribution in [1.29, 1.82) is 0 Å². The van der Waals surface area contributed by atoms with Gasteiger partial charge in [0.25, 0.3) is 11.9 Å². The number of amides is 1. The molecule has 7 heteroatoms. The lowest BCUT2D eigenvalue weighted by Gasteiger charge is -2.26. The number of ether oxygens (including phenoxy) is 1. The van der Waals surface area contributed by atoms with Gasteiger partial charge in [-0.15, -0.1) is 0 Å². The van der Waals surface area contributed by atoms with Crippen LogP contribution in [0.4, 0.5) is 0 Å². The average Bonchev–Trinajstić information content (AvgIpc) is 3.28. The summed E-state index contributed by atoms with van der Waals surface area (Å²) >= 11 is 0. The summed E-state index contributed by atoms with van der Waals surface area (Å²) in [6.45, 7) is 3.22. The number of carbonyl (C=O) groups is 1. The third-order valence-electron chi connectivity index (χ3n) is 4.29. The van der Waals surface area contributed by atoms with E-state index in [2.05, 4.69) is 5.10 Å². The molecule has 1 aliphatic heterocycles. The molecule has 0 aliphatic carbocycles. The first-order valence-electron chi connectivity index (χ1n) is 8.47. The van der Waals surface area contributed by atoms with Crippen LogP contribution in [0.25, 0.3) is 0 Å². The van der Waals surface area contributed by atoms with Crippen molar-refractivity contribution in [3.05, 3.63) is 65.7 Å². The Bertz CT molecular complexity index is 914. The van der Waals surface area contributed by atoms with Gasteiger partial charge in [-0.2, -0.15) is 5.10 Å². The molecule has 1 atom stereocenters. The number of benzene rings is 1. The van der Waals surface area contributed by atoms with Gasteiger partial charge >= 0.3 is 0 Å². The zero-order chi connectivity index (χ0) is 18.1. The third-order valence-corrected chi connectivity index (χ3v) is 4.29. The van der Waals surface area contributed by atoms with Crippen molar-refractivity contribution in [1.82, 2.24) is 14.7 Å². The van der Waals surface area contributed by atoms with Crippen LogP contribution in [-0.2, 0) is 13.1 Å². The van der Waals surface area contributed by atoms with Crippen LogP contribution in [0.15, 0.2) is 52.9 Å². The van der Waals surface area contributed by atoms with Crippen LogP contribution >= 0.6 is 0 Å². The van der Waals surface area contributed by atoms with E-state index in [1.807, 2.05) is 41.1 Å². The Morgan fingerprint density at radius 1 is 1.23 bits per heavy atom. The maximum Gasteiger partial charge on any atom is 0.290 e. The summed E-state index contributed by atoms with van der Waals surface area (Å²) < 4.78 is 13.0. The first kappa shape index (κ1) is 16.4. The van der Waals surface area contributed by atoms with E-state index < -0.39 is 6.10 Å². The molecule has 0 saturated heterocycles. The molecule has 0 fully saturated rings. The van der Waals surface area contributed by atoms with E-state index in [1.165, 1.54) is 0 Å². The monoisotopic (exact) mass is 353 g/mol. The largest absolute Gasteiger partial charge is 0.426 e. The van der Waals surface area contributed by atoms with Crippen molar-refractivity contribution >= 4 is 5.91 Å². The third kappa shape index (κ3) is 3.21. The summed E-state index contributed by atoms with van der Waals surface area (Å²) in [5.74, 6) is 0.963. The predicted octanol–water partition coefficient (Wildman–Crippen LogP) is 2.98. The summed E-state index contributed by atoms with van der Waals surface area (Å²) in [5, 5.41) is 14.0. The van der Waals surface area contributed by atoms with Crippen molar-refractivity contribution in [3.63, 3.8) is 0 Å². The molecule has 0 bridgehead atoms. The van der Waals surface area contributed by atoms with Crippen molar-refractivity contribution in [3.8, 4) is 11.7 Å². The number of hydrogen-bond donors (Lipinski definition) is 1. The minimum Gasteiger partial charge on any atom is -0.426 e. The van der Waals surface area contributed by atoms with Crippen LogP contribution < -0.4 is 4.74 Å². The topological polar surface area (TPSA) is 80.7 Å². The molecule has 1 amide bonds. The van der Waals surface area contributed by atoms with E-state index >= 15 is 0 Å². The van der Waals surface area contributed by atoms with Gasteiger partial charge in [0, 0.05) is 12.6 Å². The molecule has 0 radical (unpaired) electrons. The molecule has 7 nitrogen and oxygen atoms in total.